The van der Waals surface area contributed by atoms with Crippen LogP contribution in [0.25, 0.3) is 0 Å². The molecule has 0 fully saturated rings. The van der Waals surface area contributed by atoms with Crippen molar-refractivity contribution in [3.63, 3.8) is 0 Å². The lowest BCUT2D eigenvalue weighted by molar-refractivity contribution is -0.384. The third-order valence-electron chi connectivity index (χ3n) is 2.69. The number of nitro benzene ring substituents is 1. The van der Waals surface area contributed by atoms with Crippen LogP contribution in [0.1, 0.15) is 30.6 Å². The van der Waals surface area contributed by atoms with E-state index in [-0.39, 0.29) is 16.9 Å². The fraction of sp³-hybridized carbons (Fsp3) is 0.500. The highest BCUT2D eigenvalue weighted by molar-refractivity contribution is 5.96. The van der Waals surface area contributed by atoms with Crippen LogP contribution in [0.2, 0.25) is 0 Å². The molecule has 0 aromatic heterocycles. The summed E-state index contributed by atoms with van der Waals surface area (Å²) in [5.74, 6) is -0.746. The van der Waals surface area contributed by atoms with Crippen molar-refractivity contribution in [2.45, 2.75) is 20.3 Å². The van der Waals surface area contributed by atoms with E-state index in [2.05, 4.69) is 5.32 Å². The van der Waals surface area contributed by atoms with Gasteiger partial charge in [0.05, 0.1) is 10.5 Å². The first-order valence-electron chi connectivity index (χ1n) is 6.75. The van der Waals surface area contributed by atoms with E-state index in [9.17, 15) is 14.9 Å². The number of carbonyl (C=O) groups is 1. The minimum Gasteiger partial charge on any atom is -0.478 e. The Morgan fingerprint density at radius 1 is 1.48 bits per heavy atom. The number of carboxylic acid groups (broad SMARTS) is 1. The number of carboxylic acids is 1. The van der Waals surface area contributed by atoms with Crippen molar-refractivity contribution in [2.75, 3.05) is 25.1 Å². The van der Waals surface area contributed by atoms with Gasteiger partial charge in [0.2, 0.25) is 0 Å². The monoisotopic (exact) mass is 296 g/mol. The van der Waals surface area contributed by atoms with Crippen LogP contribution >= 0.6 is 0 Å². The van der Waals surface area contributed by atoms with Crippen LogP contribution < -0.4 is 5.32 Å². The average molecular weight is 296 g/mol. The molecule has 7 heteroatoms. The number of benzene rings is 1. The molecule has 7 nitrogen and oxygen atoms in total. The third-order valence-corrected chi connectivity index (χ3v) is 2.69. The maximum atomic E-state index is 11.1. The van der Waals surface area contributed by atoms with E-state index in [0.29, 0.717) is 32.1 Å². The molecule has 0 spiro atoms. The highest BCUT2D eigenvalue weighted by Crippen LogP contribution is 2.28. The molecule has 0 saturated carbocycles. The molecule has 116 valence electrons. The van der Waals surface area contributed by atoms with E-state index >= 15 is 0 Å². The predicted octanol–water partition coefficient (Wildman–Crippen LogP) is 2.77. The van der Waals surface area contributed by atoms with E-state index in [1.54, 1.807) is 0 Å². The number of hydrogen-bond donors (Lipinski definition) is 2. The number of nitro groups is 1. The van der Waals surface area contributed by atoms with Crippen LogP contribution in [-0.2, 0) is 4.74 Å². The summed E-state index contributed by atoms with van der Waals surface area (Å²) in [7, 11) is 0. The van der Waals surface area contributed by atoms with Crippen LogP contribution in [0.15, 0.2) is 18.2 Å². The molecule has 0 radical (unpaired) electrons. The van der Waals surface area contributed by atoms with Crippen LogP contribution in [0.3, 0.4) is 0 Å². The number of ether oxygens (including phenoxy) is 1. The van der Waals surface area contributed by atoms with Gasteiger partial charge in [-0.15, -0.1) is 0 Å². The average Bonchev–Trinajstić information content (AvgIpc) is 2.41. The molecule has 0 atom stereocenters. The lowest BCUT2D eigenvalue weighted by atomic mass is 10.1. The van der Waals surface area contributed by atoms with Crippen molar-refractivity contribution in [1.29, 1.82) is 0 Å². The zero-order valence-corrected chi connectivity index (χ0v) is 12.2. The second-order valence-electron chi connectivity index (χ2n) is 5.01. The molecule has 0 aliphatic heterocycles. The quantitative estimate of drug-likeness (QED) is 0.413. The molecule has 0 aliphatic rings. The van der Waals surface area contributed by atoms with Crippen molar-refractivity contribution in [2.24, 2.45) is 5.92 Å². The van der Waals surface area contributed by atoms with Crippen LogP contribution in [0.5, 0.6) is 0 Å². The van der Waals surface area contributed by atoms with Gasteiger partial charge in [0.25, 0.3) is 5.69 Å². The van der Waals surface area contributed by atoms with Crippen LogP contribution in [-0.4, -0.2) is 35.8 Å². The largest absolute Gasteiger partial charge is 0.478 e. The van der Waals surface area contributed by atoms with Crippen molar-refractivity contribution in [3.8, 4) is 0 Å². The predicted molar refractivity (Wildman–Crippen MR) is 78.8 cm³/mol. The molecule has 0 heterocycles. The minimum absolute atomic E-state index is 0.0406. The first-order valence-corrected chi connectivity index (χ1v) is 6.75. The Hall–Kier alpha value is -2.15. The molecule has 0 unspecified atom stereocenters. The van der Waals surface area contributed by atoms with Crippen molar-refractivity contribution in [3.05, 3.63) is 33.9 Å². The molecule has 21 heavy (non-hydrogen) atoms. The van der Waals surface area contributed by atoms with Crippen LogP contribution in [0.4, 0.5) is 11.4 Å². The van der Waals surface area contributed by atoms with Gasteiger partial charge in [0.1, 0.15) is 5.69 Å². The third kappa shape index (κ3) is 5.39. The summed E-state index contributed by atoms with van der Waals surface area (Å²) in [6.45, 7) is 5.68. The molecule has 1 aromatic rings. The topological polar surface area (TPSA) is 102 Å². The van der Waals surface area contributed by atoms with E-state index in [1.807, 2.05) is 13.8 Å². The number of rotatable bonds is 9. The normalized spacial score (nSPS) is 10.6. The Balaban J connectivity index is 2.64. The van der Waals surface area contributed by atoms with Gasteiger partial charge < -0.3 is 15.2 Å². The fourth-order valence-corrected chi connectivity index (χ4v) is 1.76. The minimum atomic E-state index is -1.20. The number of anilines is 1. The summed E-state index contributed by atoms with van der Waals surface area (Å²) < 4.78 is 5.40. The fourth-order valence-electron chi connectivity index (χ4n) is 1.76. The molecule has 0 bridgehead atoms. The summed E-state index contributed by atoms with van der Waals surface area (Å²) in [5.41, 5.74) is -0.302. The second-order valence-corrected chi connectivity index (χ2v) is 5.01. The summed E-state index contributed by atoms with van der Waals surface area (Å²) >= 11 is 0. The lowest BCUT2D eigenvalue weighted by Crippen LogP contribution is -2.12. The van der Waals surface area contributed by atoms with Gasteiger partial charge in [-0.25, -0.2) is 4.79 Å². The molecule has 0 saturated heterocycles. The standard InChI is InChI=1S/C14H20N2O5/c1-10(2)9-21-8-4-7-15-13-11(14(17)18)5-3-6-12(13)16(19)20/h3,5-6,10,15H,4,7-9H2,1-2H3,(H,17,18). The van der Waals surface area contributed by atoms with Crippen molar-refractivity contribution < 1.29 is 19.6 Å². The van der Waals surface area contributed by atoms with Gasteiger partial charge >= 0.3 is 5.97 Å². The van der Waals surface area contributed by atoms with Gasteiger partial charge in [-0.05, 0) is 18.4 Å². The zero-order valence-electron chi connectivity index (χ0n) is 12.2. The maximum absolute atomic E-state index is 11.1. The number of aromatic carboxylic acids is 1. The maximum Gasteiger partial charge on any atom is 0.338 e. The van der Waals surface area contributed by atoms with Gasteiger partial charge in [-0.3, -0.25) is 10.1 Å². The van der Waals surface area contributed by atoms with Crippen molar-refractivity contribution >= 4 is 17.3 Å². The van der Waals surface area contributed by atoms with Gasteiger partial charge in [-0.2, -0.15) is 0 Å². The van der Waals surface area contributed by atoms with Crippen molar-refractivity contribution in [1.82, 2.24) is 0 Å². The van der Waals surface area contributed by atoms with E-state index < -0.39 is 10.9 Å². The first-order chi connectivity index (χ1) is 9.93. The number of nitrogens with one attached hydrogen (secondary N) is 1. The van der Waals surface area contributed by atoms with E-state index in [0.717, 1.165) is 0 Å². The molecule has 2 N–H and O–H groups in total. The number of hydrogen-bond acceptors (Lipinski definition) is 5. The number of para-hydroxylation sites is 1. The highest BCUT2D eigenvalue weighted by Gasteiger charge is 2.20. The number of nitrogens with zero attached hydrogens (tertiary/aromatic N) is 1. The Morgan fingerprint density at radius 2 is 2.19 bits per heavy atom. The van der Waals surface area contributed by atoms with Crippen LogP contribution in [0, 0.1) is 16.0 Å². The molecular weight excluding hydrogens is 276 g/mol. The Bertz CT molecular complexity index is 470. The molecular formula is C14H20N2O5. The summed E-state index contributed by atoms with van der Waals surface area (Å²) in [6, 6.07) is 3.98. The molecule has 1 rings (SSSR count). The van der Waals surface area contributed by atoms with E-state index in [1.165, 1.54) is 18.2 Å². The lowest BCUT2D eigenvalue weighted by Gasteiger charge is -2.11. The van der Waals surface area contributed by atoms with Gasteiger partial charge in [0.15, 0.2) is 0 Å². The Morgan fingerprint density at radius 3 is 2.76 bits per heavy atom. The summed E-state index contributed by atoms with van der Waals surface area (Å²) in [5, 5.41) is 22.9. The first kappa shape index (κ1) is 16.9. The molecule has 0 amide bonds. The Labute approximate surface area is 123 Å². The zero-order chi connectivity index (χ0) is 15.8. The highest BCUT2D eigenvalue weighted by atomic mass is 16.6. The smallest absolute Gasteiger partial charge is 0.338 e. The van der Waals surface area contributed by atoms with Gasteiger partial charge in [0, 0.05) is 25.8 Å². The van der Waals surface area contributed by atoms with Gasteiger partial charge in [-0.1, -0.05) is 19.9 Å². The Kier molecular flexibility index (Phi) is 6.61. The molecule has 0 aliphatic carbocycles. The SMILES string of the molecule is CC(C)COCCCNc1c(C(=O)O)cccc1[N+](=O)[O-]. The summed E-state index contributed by atoms with van der Waals surface area (Å²) in [4.78, 5) is 21.5. The van der Waals surface area contributed by atoms with E-state index in [4.69, 9.17) is 9.84 Å². The second kappa shape index (κ2) is 8.21. The summed E-state index contributed by atoms with van der Waals surface area (Å²) in [6.07, 6.45) is 0.637. The molecule has 1 aromatic carbocycles.